The first-order chi connectivity index (χ1) is 11.8. The Morgan fingerprint density at radius 1 is 1.17 bits per heavy atom. The first kappa shape index (κ1) is 15.5. The van der Waals surface area contributed by atoms with Gasteiger partial charge in [-0.3, -0.25) is 0 Å². The maximum atomic E-state index is 6.21. The molecule has 1 aliphatic carbocycles. The Bertz CT molecular complexity index is 792. The summed E-state index contributed by atoms with van der Waals surface area (Å²) in [7, 11) is 0. The molecule has 0 bridgehead atoms. The average molecular weight is 340 g/mol. The highest BCUT2D eigenvalue weighted by Gasteiger charge is 2.21. The van der Waals surface area contributed by atoms with Gasteiger partial charge in [0.2, 0.25) is 5.89 Å². The molecular formula is C18H20N4OS. The van der Waals surface area contributed by atoms with Crippen molar-refractivity contribution >= 4 is 11.3 Å². The highest BCUT2D eigenvalue weighted by Crippen LogP contribution is 2.35. The molecule has 0 spiro atoms. The molecule has 4 rings (SSSR count). The Labute approximate surface area is 144 Å². The summed E-state index contributed by atoms with van der Waals surface area (Å²) in [6, 6.07) is 9.44. The maximum absolute atomic E-state index is 6.21. The molecule has 2 N–H and O–H groups in total. The van der Waals surface area contributed by atoms with Crippen LogP contribution >= 0.6 is 11.3 Å². The van der Waals surface area contributed by atoms with Gasteiger partial charge in [0.05, 0.1) is 23.2 Å². The number of nitrogens with zero attached hydrogens (tertiary/aromatic N) is 3. The van der Waals surface area contributed by atoms with Crippen molar-refractivity contribution in [3.8, 4) is 0 Å². The fraction of sp³-hybridized carbons (Fsp3) is 0.389. The zero-order valence-corrected chi connectivity index (χ0v) is 14.2. The summed E-state index contributed by atoms with van der Waals surface area (Å²) in [5.74, 6) is 1.73. The van der Waals surface area contributed by atoms with E-state index < -0.39 is 0 Å². The zero-order valence-electron chi connectivity index (χ0n) is 13.4. The van der Waals surface area contributed by atoms with Gasteiger partial charge in [-0.2, -0.15) is 4.98 Å². The molecule has 0 radical (unpaired) electrons. The lowest BCUT2D eigenvalue weighted by Gasteiger charge is -2.05. The standard InChI is InChI=1S/C18H20N4OS/c19-16(12-6-2-1-3-7-12)17-21-15(23-22-17)10-14-11-24-18(20-14)13-8-4-5-9-13/h1-3,6-7,11,13,16H,4-5,8-10,19H2. The molecule has 1 saturated carbocycles. The smallest absolute Gasteiger partial charge is 0.232 e. The molecule has 6 heteroatoms. The third-order valence-electron chi connectivity index (χ3n) is 4.53. The van der Waals surface area contributed by atoms with Crippen LogP contribution in [-0.4, -0.2) is 15.1 Å². The molecule has 0 aliphatic heterocycles. The Morgan fingerprint density at radius 2 is 1.96 bits per heavy atom. The van der Waals surface area contributed by atoms with Gasteiger partial charge < -0.3 is 10.3 Å². The highest BCUT2D eigenvalue weighted by atomic mass is 32.1. The minimum atomic E-state index is -0.367. The van der Waals surface area contributed by atoms with Crippen LogP contribution in [0.25, 0.3) is 0 Å². The van der Waals surface area contributed by atoms with Gasteiger partial charge in [0.1, 0.15) is 0 Å². The molecule has 2 aromatic heterocycles. The van der Waals surface area contributed by atoms with Gasteiger partial charge in [-0.1, -0.05) is 48.3 Å². The second-order valence-corrected chi connectivity index (χ2v) is 7.16. The third-order valence-corrected chi connectivity index (χ3v) is 5.58. The van der Waals surface area contributed by atoms with Crippen molar-refractivity contribution in [2.24, 2.45) is 5.73 Å². The summed E-state index contributed by atoms with van der Waals surface area (Å²) in [4.78, 5) is 9.21. The van der Waals surface area contributed by atoms with Gasteiger partial charge in [-0.15, -0.1) is 11.3 Å². The lowest BCUT2D eigenvalue weighted by molar-refractivity contribution is 0.377. The van der Waals surface area contributed by atoms with Crippen molar-refractivity contribution in [1.29, 1.82) is 0 Å². The van der Waals surface area contributed by atoms with Crippen LogP contribution < -0.4 is 5.73 Å². The van der Waals surface area contributed by atoms with Gasteiger partial charge >= 0.3 is 0 Å². The van der Waals surface area contributed by atoms with Gasteiger partial charge in [-0.05, 0) is 18.4 Å². The Hall–Kier alpha value is -2.05. The molecule has 1 aliphatic rings. The molecule has 24 heavy (non-hydrogen) atoms. The second-order valence-electron chi connectivity index (χ2n) is 6.27. The fourth-order valence-corrected chi connectivity index (χ4v) is 4.19. The lowest BCUT2D eigenvalue weighted by atomic mass is 10.1. The predicted octanol–water partition coefficient (Wildman–Crippen LogP) is 3.82. The van der Waals surface area contributed by atoms with Crippen molar-refractivity contribution in [2.45, 2.75) is 44.1 Å². The minimum absolute atomic E-state index is 0.367. The number of nitrogens with two attached hydrogens (primary N) is 1. The molecule has 0 amide bonds. The summed E-state index contributed by atoms with van der Waals surface area (Å²) >= 11 is 1.75. The molecule has 1 atom stereocenters. The molecule has 3 aromatic rings. The van der Waals surface area contributed by atoms with Crippen LogP contribution in [-0.2, 0) is 6.42 Å². The van der Waals surface area contributed by atoms with Gasteiger partial charge in [0.25, 0.3) is 0 Å². The van der Waals surface area contributed by atoms with Crippen LogP contribution in [0.4, 0.5) is 0 Å². The summed E-state index contributed by atoms with van der Waals surface area (Å²) < 4.78 is 5.37. The van der Waals surface area contributed by atoms with Crippen molar-refractivity contribution in [2.75, 3.05) is 0 Å². The van der Waals surface area contributed by atoms with E-state index in [2.05, 4.69) is 15.5 Å². The topological polar surface area (TPSA) is 77.8 Å². The maximum Gasteiger partial charge on any atom is 0.232 e. The summed E-state index contributed by atoms with van der Waals surface area (Å²) in [5, 5.41) is 7.40. The molecule has 1 unspecified atom stereocenters. The number of hydrogen-bond acceptors (Lipinski definition) is 6. The van der Waals surface area contributed by atoms with Crippen LogP contribution in [0.15, 0.2) is 40.2 Å². The van der Waals surface area contributed by atoms with Crippen molar-refractivity contribution in [3.05, 3.63) is 63.7 Å². The van der Waals surface area contributed by atoms with Crippen LogP contribution in [0.1, 0.15) is 65.6 Å². The zero-order chi connectivity index (χ0) is 16.4. The van der Waals surface area contributed by atoms with E-state index >= 15 is 0 Å². The van der Waals surface area contributed by atoms with Crippen LogP contribution in [0.5, 0.6) is 0 Å². The van der Waals surface area contributed by atoms with Crippen molar-refractivity contribution in [1.82, 2.24) is 15.1 Å². The monoisotopic (exact) mass is 340 g/mol. The molecule has 0 saturated heterocycles. The van der Waals surface area contributed by atoms with E-state index in [1.165, 1.54) is 30.7 Å². The molecule has 1 fully saturated rings. The lowest BCUT2D eigenvalue weighted by Crippen LogP contribution is -2.13. The summed E-state index contributed by atoms with van der Waals surface area (Å²) in [5.41, 5.74) is 8.19. The average Bonchev–Trinajstić information content (AvgIpc) is 3.37. The first-order valence-electron chi connectivity index (χ1n) is 8.37. The SMILES string of the molecule is NC(c1ccccc1)c1noc(Cc2csc(C3CCCC3)n2)n1. The molecule has 1 aromatic carbocycles. The quantitative estimate of drug-likeness (QED) is 0.764. The van der Waals surface area contributed by atoms with E-state index in [0.717, 1.165) is 11.3 Å². The first-order valence-corrected chi connectivity index (χ1v) is 9.25. The van der Waals surface area contributed by atoms with E-state index in [9.17, 15) is 0 Å². The summed E-state index contributed by atoms with van der Waals surface area (Å²) in [6.07, 6.45) is 5.75. The Morgan fingerprint density at radius 3 is 2.75 bits per heavy atom. The van der Waals surface area contributed by atoms with E-state index in [1.54, 1.807) is 11.3 Å². The third kappa shape index (κ3) is 3.25. The molecular weight excluding hydrogens is 320 g/mol. The van der Waals surface area contributed by atoms with Crippen molar-refractivity contribution in [3.63, 3.8) is 0 Å². The minimum Gasteiger partial charge on any atom is -0.339 e. The number of aromatic nitrogens is 3. The predicted molar refractivity (Wildman–Crippen MR) is 92.9 cm³/mol. The van der Waals surface area contributed by atoms with Crippen LogP contribution in [0, 0.1) is 0 Å². The molecule has 124 valence electrons. The van der Waals surface area contributed by atoms with E-state index in [1.807, 2.05) is 30.3 Å². The summed E-state index contributed by atoms with van der Waals surface area (Å²) in [6.45, 7) is 0. The van der Waals surface area contributed by atoms with E-state index in [-0.39, 0.29) is 6.04 Å². The molecule has 2 heterocycles. The van der Waals surface area contributed by atoms with Crippen LogP contribution in [0.3, 0.4) is 0 Å². The Balaban J connectivity index is 1.45. The second kappa shape index (κ2) is 6.83. The highest BCUT2D eigenvalue weighted by molar-refractivity contribution is 7.09. The normalized spacial score (nSPS) is 16.5. The van der Waals surface area contributed by atoms with Gasteiger partial charge in [0.15, 0.2) is 5.82 Å². The van der Waals surface area contributed by atoms with E-state index in [0.29, 0.717) is 24.1 Å². The van der Waals surface area contributed by atoms with Crippen molar-refractivity contribution < 1.29 is 4.52 Å². The fourth-order valence-electron chi connectivity index (χ4n) is 3.19. The number of rotatable bonds is 5. The number of thiazole rings is 1. The number of benzene rings is 1. The largest absolute Gasteiger partial charge is 0.339 e. The molecule has 5 nitrogen and oxygen atoms in total. The number of hydrogen-bond donors (Lipinski definition) is 1. The van der Waals surface area contributed by atoms with Gasteiger partial charge in [-0.25, -0.2) is 4.98 Å². The van der Waals surface area contributed by atoms with Crippen LogP contribution in [0.2, 0.25) is 0 Å². The Kier molecular flexibility index (Phi) is 4.40. The van der Waals surface area contributed by atoms with E-state index in [4.69, 9.17) is 15.2 Å². The van der Waals surface area contributed by atoms with Gasteiger partial charge in [0, 0.05) is 11.3 Å².